The van der Waals surface area contributed by atoms with Gasteiger partial charge in [0.1, 0.15) is 11.6 Å². The van der Waals surface area contributed by atoms with E-state index in [9.17, 15) is 9.18 Å². The second-order valence-electron chi connectivity index (χ2n) is 7.07. The van der Waals surface area contributed by atoms with Crippen LogP contribution in [0.15, 0.2) is 30.5 Å². The molecule has 1 aliphatic rings. The highest BCUT2D eigenvalue weighted by Crippen LogP contribution is 2.29. The SMILES string of the molecule is CC(C)c1cc(Nc2cc(F)ccc2Cl)ncc1C(=O)NCC1CCC1. The number of hydrogen-bond donors (Lipinski definition) is 2. The number of carbonyl (C=O) groups excluding carboxylic acids is 1. The lowest BCUT2D eigenvalue weighted by Gasteiger charge is -2.25. The Morgan fingerprint density at radius 1 is 1.35 bits per heavy atom. The van der Waals surface area contributed by atoms with Gasteiger partial charge < -0.3 is 10.6 Å². The number of rotatable bonds is 6. The first-order valence-electron chi connectivity index (χ1n) is 8.94. The van der Waals surface area contributed by atoms with E-state index in [2.05, 4.69) is 15.6 Å². The van der Waals surface area contributed by atoms with E-state index in [4.69, 9.17) is 11.6 Å². The van der Waals surface area contributed by atoms with Gasteiger partial charge in [0.2, 0.25) is 0 Å². The normalized spacial score (nSPS) is 14.2. The van der Waals surface area contributed by atoms with E-state index in [1.807, 2.05) is 19.9 Å². The van der Waals surface area contributed by atoms with E-state index in [0.717, 1.165) is 12.1 Å². The van der Waals surface area contributed by atoms with Crippen LogP contribution in [0.5, 0.6) is 0 Å². The van der Waals surface area contributed by atoms with Crippen molar-refractivity contribution in [3.8, 4) is 0 Å². The zero-order valence-electron chi connectivity index (χ0n) is 15.0. The number of pyridine rings is 1. The molecular weight excluding hydrogens is 353 g/mol. The zero-order valence-corrected chi connectivity index (χ0v) is 15.7. The third-order valence-corrected chi connectivity index (χ3v) is 5.10. The number of amides is 1. The minimum absolute atomic E-state index is 0.0940. The Hall–Kier alpha value is -2.14. The number of nitrogens with zero attached hydrogens (tertiary/aromatic N) is 1. The minimum Gasteiger partial charge on any atom is -0.352 e. The molecule has 2 aromatic rings. The van der Waals surface area contributed by atoms with Crippen molar-refractivity contribution >= 4 is 29.0 Å². The number of benzene rings is 1. The molecule has 0 saturated heterocycles. The number of anilines is 2. The van der Waals surface area contributed by atoms with E-state index in [-0.39, 0.29) is 17.6 Å². The number of nitrogens with one attached hydrogen (secondary N) is 2. The molecule has 6 heteroatoms. The smallest absolute Gasteiger partial charge is 0.253 e. The van der Waals surface area contributed by atoms with Gasteiger partial charge in [0, 0.05) is 12.7 Å². The first kappa shape index (κ1) is 18.6. The summed E-state index contributed by atoms with van der Waals surface area (Å²) in [5, 5.41) is 6.44. The molecule has 1 aromatic heterocycles. The Balaban J connectivity index is 1.79. The number of halogens is 2. The van der Waals surface area contributed by atoms with Crippen LogP contribution in [0.2, 0.25) is 5.02 Å². The van der Waals surface area contributed by atoms with Gasteiger partial charge in [0.25, 0.3) is 5.91 Å². The lowest BCUT2D eigenvalue weighted by Crippen LogP contribution is -2.32. The molecule has 1 fully saturated rings. The average molecular weight is 376 g/mol. The minimum atomic E-state index is -0.382. The van der Waals surface area contributed by atoms with Crippen LogP contribution in [0.1, 0.15) is 54.9 Å². The molecular formula is C20H23ClFN3O. The van der Waals surface area contributed by atoms with E-state index in [0.29, 0.717) is 28.0 Å². The summed E-state index contributed by atoms with van der Waals surface area (Å²) in [7, 11) is 0. The summed E-state index contributed by atoms with van der Waals surface area (Å²) in [4.78, 5) is 16.9. The van der Waals surface area contributed by atoms with E-state index >= 15 is 0 Å². The van der Waals surface area contributed by atoms with Gasteiger partial charge in [-0.2, -0.15) is 0 Å². The van der Waals surface area contributed by atoms with Gasteiger partial charge in [-0.3, -0.25) is 4.79 Å². The van der Waals surface area contributed by atoms with Gasteiger partial charge in [0.15, 0.2) is 0 Å². The van der Waals surface area contributed by atoms with E-state index in [1.54, 1.807) is 6.20 Å². The van der Waals surface area contributed by atoms with Crippen molar-refractivity contribution in [3.63, 3.8) is 0 Å². The quantitative estimate of drug-likeness (QED) is 0.723. The van der Waals surface area contributed by atoms with Crippen molar-refractivity contribution in [1.82, 2.24) is 10.3 Å². The standard InChI is InChI=1S/C20H23ClFN3O/c1-12(2)15-9-19(25-18-8-14(22)6-7-17(18)21)23-11-16(15)20(26)24-10-13-4-3-5-13/h6-9,11-13H,3-5,10H2,1-2H3,(H,23,25)(H,24,26). The molecule has 138 valence electrons. The summed E-state index contributed by atoms with van der Waals surface area (Å²) in [6, 6.07) is 5.93. The summed E-state index contributed by atoms with van der Waals surface area (Å²) in [5.41, 5.74) is 1.91. The van der Waals surface area contributed by atoms with E-state index < -0.39 is 0 Å². The zero-order chi connectivity index (χ0) is 18.7. The molecule has 0 radical (unpaired) electrons. The lowest BCUT2D eigenvalue weighted by molar-refractivity contribution is 0.0937. The van der Waals surface area contributed by atoms with Gasteiger partial charge in [-0.05, 0) is 54.5 Å². The van der Waals surface area contributed by atoms with Crippen molar-refractivity contribution in [2.24, 2.45) is 5.92 Å². The van der Waals surface area contributed by atoms with Crippen LogP contribution in [-0.4, -0.2) is 17.4 Å². The molecule has 26 heavy (non-hydrogen) atoms. The third kappa shape index (κ3) is 4.33. The predicted molar refractivity (Wildman–Crippen MR) is 103 cm³/mol. The highest BCUT2D eigenvalue weighted by atomic mass is 35.5. The van der Waals surface area contributed by atoms with Crippen molar-refractivity contribution in [1.29, 1.82) is 0 Å². The van der Waals surface area contributed by atoms with Gasteiger partial charge in [-0.1, -0.05) is 31.9 Å². The molecule has 0 bridgehead atoms. The number of hydrogen-bond acceptors (Lipinski definition) is 3. The summed E-state index contributed by atoms with van der Waals surface area (Å²) in [5.74, 6) is 0.796. The highest BCUT2D eigenvalue weighted by molar-refractivity contribution is 6.33. The van der Waals surface area contributed by atoms with Gasteiger partial charge >= 0.3 is 0 Å². The summed E-state index contributed by atoms with van der Waals surface area (Å²) in [6.45, 7) is 4.77. The van der Waals surface area contributed by atoms with Gasteiger partial charge in [-0.25, -0.2) is 9.37 Å². The maximum atomic E-state index is 13.4. The summed E-state index contributed by atoms with van der Waals surface area (Å²) >= 11 is 6.10. The Morgan fingerprint density at radius 2 is 2.12 bits per heavy atom. The largest absolute Gasteiger partial charge is 0.352 e. The lowest BCUT2D eigenvalue weighted by atomic mass is 9.85. The molecule has 3 rings (SSSR count). The monoisotopic (exact) mass is 375 g/mol. The molecule has 4 nitrogen and oxygen atoms in total. The number of aromatic nitrogens is 1. The molecule has 1 aliphatic carbocycles. The van der Waals surface area contributed by atoms with E-state index in [1.165, 1.54) is 37.5 Å². The Morgan fingerprint density at radius 3 is 2.77 bits per heavy atom. The van der Waals surface area contributed by atoms with Crippen LogP contribution in [0.3, 0.4) is 0 Å². The highest BCUT2D eigenvalue weighted by Gasteiger charge is 2.20. The fraction of sp³-hybridized carbons (Fsp3) is 0.400. The Labute approximate surface area is 158 Å². The van der Waals surface area contributed by atoms with Crippen LogP contribution in [0.4, 0.5) is 15.9 Å². The Kier molecular flexibility index (Phi) is 5.77. The van der Waals surface area contributed by atoms with Crippen LogP contribution in [0, 0.1) is 11.7 Å². The molecule has 1 heterocycles. The second kappa shape index (κ2) is 8.04. The average Bonchev–Trinajstić information content (AvgIpc) is 2.56. The van der Waals surface area contributed by atoms with Crippen LogP contribution in [-0.2, 0) is 0 Å². The summed E-state index contributed by atoms with van der Waals surface area (Å²) < 4.78 is 13.4. The van der Waals surface area contributed by atoms with Crippen molar-refractivity contribution in [2.75, 3.05) is 11.9 Å². The molecule has 2 N–H and O–H groups in total. The van der Waals surface area contributed by atoms with Gasteiger partial charge in [0.05, 0.1) is 16.3 Å². The molecule has 1 saturated carbocycles. The third-order valence-electron chi connectivity index (χ3n) is 4.77. The second-order valence-corrected chi connectivity index (χ2v) is 7.47. The molecule has 1 aromatic carbocycles. The predicted octanol–water partition coefficient (Wildman–Crippen LogP) is 5.27. The molecule has 0 spiro atoms. The number of carbonyl (C=O) groups is 1. The van der Waals surface area contributed by atoms with Gasteiger partial charge in [-0.15, -0.1) is 0 Å². The fourth-order valence-electron chi connectivity index (χ4n) is 2.97. The topological polar surface area (TPSA) is 54.0 Å². The maximum absolute atomic E-state index is 13.4. The van der Waals surface area contributed by atoms with Crippen molar-refractivity contribution in [3.05, 3.63) is 52.4 Å². The van der Waals surface area contributed by atoms with Crippen molar-refractivity contribution < 1.29 is 9.18 Å². The molecule has 1 amide bonds. The summed E-state index contributed by atoms with van der Waals surface area (Å²) in [6.07, 6.45) is 5.20. The maximum Gasteiger partial charge on any atom is 0.253 e. The Bertz CT molecular complexity index is 806. The first-order chi connectivity index (χ1) is 12.4. The van der Waals surface area contributed by atoms with Crippen molar-refractivity contribution in [2.45, 2.75) is 39.0 Å². The first-order valence-corrected chi connectivity index (χ1v) is 9.32. The van der Waals surface area contributed by atoms with Crippen LogP contribution < -0.4 is 10.6 Å². The molecule has 0 aliphatic heterocycles. The fourth-order valence-corrected chi connectivity index (χ4v) is 3.13. The van der Waals surface area contributed by atoms with Crippen LogP contribution in [0.25, 0.3) is 0 Å². The molecule has 0 atom stereocenters. The van der Waals surface area contributed by atoms with Crippen LogP contribution >= 0.6 is 11.6 Å². The molecule has 0 unspecified atom stereocenters.